The molecule has 5 aromatic rings. The molecule has 2 aliphatic heterocycles. The molecule has 2 aliphatic rings. The summed E-state index contributed by atoms with van der Waals surface area (Å²) in [6, 6.07) is 16.2. The summed E-state index contributed by atoms with van der Waals surface area (Å²) in [6.45, 7) is 5.58. The number of halogens is 2. The number of ether oxygens (including phenoxy) is 1. The monoisotopic (exact) mass is 573 g/mol. The quantitative estimate of drug-likeness (QED) is 0.270. The zero-order valence-electron chi connectivity index (χ0n) is 22.6. The molecule has 0 radical (unpaired) electrons. The predicted octanol–water partition coefficient (Wildman–Crippen LogP) is 5.66. The highest BCUT2D eigenvalue weighted by Gasteiger charge is 2.29. The SMILES string of the molecule is C[C@H]1Cn2c(nc3c(Cc4ccc(Cl)cc4F)cccc32)CN1Cc1nc2ccc(C(=O)O)cc2n1C[C@@H]1CCO1. The minimum absolute atomic E-state index is 0.103. The molecule has 0 unspecified atom stereocenters. The first-order valence-electron chi connectivity index (χ1n) is 13.8. The van der Waals surface area contributed by atoms with Crippen LogP contribution in [0.25, 0.3) is 22.1 Å². The normalized spacial score (nSPS) is 19.0. The molecule has 0 bridgehead atoms. The van der Waals surface area contributed by atoms with Crippen LogP contribution in [-0.4, -0.2) is 53.8 Å². The second-order valence-electron chi connectivity index (χ2n) is 11.0. The van der Waals surface area contributed by atoms with E-state index in [2.05, 4.69) is 27.0 Å². The van der Waals surface area contributed by atoms with Gasteiger partial charge in [-0.25, -0.2) is 19.2 Å². The van der Waals surface area contributed by atoms with Gasteiger partial charge in [0, 0.05) is 30.6 Å². The topological polar surface area (TPSA) is 85.4 Å². The van der Waals surface area contributed by atoms with Gasteiger partial charge in [-0.1, -0.05) is 29.8 Å². The Bertz CT molecular complexity index is 1810. The number of carbonyl (C=O) groups is 1. The van der Waals surface area contributed by atoms with Crippen molar-refractivity contribution in [2.75, 3.05) is 6.61 Å². The van der Waals surface area contributed by atoms with Crippen LogP contribution in [0.3, 0.4) is 0 Å². The van der Waals surface area contributed by atoms with E-state index in [0.29, 0.717) is 36.6 Å². The Morgan fingerprint density at radius 2 is 1.98 bits per heavy atom. The third-order valence-electron chi connectivity index (χ3n) is 8.35. The van der Waals surface area contributed by atoms with Crippen LogP contribution in [-0.2, 0) is 37.3 Å². The van der Waals surface area contributed by atoms with E-state index in [4.69, 9.17) is 26.3 Å². The molecule has 0 amide bonds. The van der Waals surface area contributed by atoms with Crippen LogP contribution in [0, 0.1) is 5.82 Å². The number of para-hydroxylation sites is 1. The summed E-state index contributed by atoms with van der Waals surface area (Å²) in [6.07, 6.45) is 1.51. The number of fused-ring (bicyclic) bond motifs is 4. The maximum atomic E-state index is 14.6. The van der Waals surface area contributed by atoms with Crippen molar-refractivity contribution in [1.29, 1.82) is 0 Å². The summed E-state index contributed by atoms with van der Waals surface area (Å²) in [5.41, 5.74) is 5.33. The summed E-state index contributed by atoms with van der Waals surface area (Å²) in [7, 11) is 0. The van der Waals surface area contributed by atoms with E-state index >= 15 is 0 Å². The number of imidazole rings is 2. The smallest absolute Gasteiger partial charge is 0.335 e. The van der Waals surface area contributed by atoms with Crippen LogP contribution in [0.15, 0.2) is 54.6 Å². The molecule has 7 rings (SSSR count). The van der Waals surface area contributed by atoms with Crippen LogP contribution < -0.4 is 0 Å². The summed E-state index contributed by atoms with van der Waals surface area (Å²) < 4.78 is 24.7. The maximum Gasteiger partial charge on any atom is 0.335 e. The Morgan fingerprint density at radius 3 is 2.73 bits per heavy atom. The zero-order valence-corrected chi connectivity index (χ0v) is 23.3. The average molecular weight is 574 g/mol. The second-order valence-corrected chi connectivity index (χ2v) is 11.5. The Kier molecular flexibility index (Phi) is 6.53. The van der Waals surface area contributed by atoms with Gasteiger partial charge in [0.25, 0.3) is 0 Å². The number of benzene rings is 3. The maximum absolute atomic E-state index is 14.6. The molecular formula is C31H29ClFN5O3. The minimum atomic E-state index is -0.956. The molecule has 1 N–H and O–H groups in total. The largest absolute Gasteiger partial charge is 0.478 e. The lowest BCUT2D eigenvalue weighted by atomic mass is 10.0. The first-order chi connectivity index (χ1) is 19.8. The molecule has 2 atom stereocenters. The predicted molar refractivity (Wildman–Crippen MR) is 154 cm³/mol. The van der Waals surface area contributed by atoms with Crippen LogP contribution in [0.4, 0.5) is 4.39 Å². The highest BCUT2D eigenvalue weighted by Crippen LogP contribution is 2.30. The van der Waals surface area contributed by atoms with E-state index < -0.39 is 5.97 Å². The molecule has 1 fully saturated rings. The van der Waals surface area contributed by atoms with Crippen LogP contribution in [0.2, 0.25) is 5.02 Å². The van der Waals surface area contributed by atoms with Gasteiger partial charge in [-0.2, -0.15) is 0 Å². The molecule has 210 valence electrons. The summed E-state index contributed by atoms with van der Waals surface area (Å²) in [5, 5.41) is 9.94. The number of aromatic nitrogens is 4. The molecule has 0 spiro atoms. The molecule has 0 aliphatic carbocycles. The first kappa shape index (κ1) is 26.1. The van der Waals surface area contributed by atoms with Gasteiger partial charge < -0.3 is 19.0 Å². The van der Waals surface area contributed by atoms with E-state index in [1.165, 1.54) is 6.07 Å². The van der Waals surface area contributed by atoms with Crippen molar-refractivity contribution in [3.63, 3.8) is 0 Å². The number of aromatic carboxylic acids is 1. The van der Waals surface area contributed by atoms with Gasteiger partial charge in [0.15, 0.2) is 0 Å². The van der Waals surface area contributed by atoms with Gasteiger partial charge >= 0.3 is 5.97 Å². The molecule has 8 nitrogen and oxygen atoms in total. The summed E-state index contributed by atoms with van der Waals surface area (Å²) in [4.78, 5) is 24.0. The van der Waals surface area contributed by atoms with Gasteiger partial charge in [-0.15, -0.1) is 0 Å². The minimum Gasteiger partial charge on any atom is -0.478 e. The molecule has 2 aromatic heterocycles. The third kappa shape index (κ3) is 4.77. The number of carboxylic acids is 1. The summed E-state index contributed by atoms with van der Waals surface area (Å²) in [5.74, 6) is 0.570. The van der Waals surface area contributed by atoms with Crippen LogP contribution in [0.1, 0.15) is 46.5 Å². The van der Waals surface area contributed by atoms with E-state index in [-0.39, 0.29) is 23.5 Å². The Morgan fingerprint density at radius 1 is 1.12 bits per heavy atom. The lowest BCUT2D eigenvalue weighted by Gasteiger charge is -2.34. The van der Waals surface area contributed by atoms with Crippen molar-refractivity contribution in [1.82, 2.24) is 24.0 Å². The molecular weight excluding hydrogens is 545 g/mol. The van der Waals surface area contributed by atoms with Gasteiger partial charge in [0.2, 0.25) is 0 Å². The fourth-order valence-electron chi connectivity index (χ4n) is 5.96. The van der Waals surface area contributed by atoms with Crippen molar-refractivity contribution < 1.29 is 19.0 Å². The Labute approximate surface area is 240 Å². The number of hydrogen-bond acceptors (Lipinski definition) is 5. The number of nitrogens with zero attached hydrogens (tertiary/aromatic N) is 5. The highest BCUT2D eigenvalue weighted by molar-refractivity contribution is 6.30. The lowest BCUT2D eigenvalue weighted by Crippen LogP contribution is -2.41. The van der Waals surface area contributed by atoms with Crippen LogP contribution in [0.5, 0.6) is 0 Å². The van der Waals surface area contributed by atoms with E-state index in [1.54, 1.807) is 30.3 Å². The van der Waals surface area contributed by atoms with Crippen molar-refractivity contribution in [2.24, 2.45) is 0 Å². The Hall–Kier alpha value is -3.79. The fraction of sp³-hybridized carbons (Fsp3) is 0.323. The second kappa shape index (κ2) is 10.2. The lowest BCUT2D eigenvalue weighted by molar-refractivity contribution is -0.0593. The molecule has 10 heteroatoms. The molecule has 41 heavy (non-hydrogen) atoms. The van der Waals surface area contributed by atoms with Gasteiger partial charge in [-0.05, 0) is 60.9 Å². The molecule has 4 heterocycles. The van der Waals surface area contributed by atoms with Crippen molar-refractivity contribution in [2.45, 2.75) is 58.1 Å². The average Bonchev–Trinajstić information content (AvgIpc) is 3.45. The number of rotatable bonds is 7. The Balaban J connectivity index is 1.20. The summed E-state index contributed by atoms with van der Waals surface area (Å²) >= 11 is 5.96. The molecule has 3 aromatic carbocycles. The van der Waals surface area contributed by atoms with Gasteiger partial charge in [0.05, 0.1) is 53.4 Å². The van der Waals surface area contributed by atoms with E-state index in [1.807, 2.05) is 12.1 Å². The van der Waals surface area contributed by atoms with Crippen molar-refractivity contribution >= 4 is 39.6 Å². The van der Waals surface area contributed by atoms with Gasteiger partial charge in [-0.3, -0.25) is 4.90 Å². The standard InChI is InChI=1S/C31H29ClFN5O3/c1-18-14-37-26-4-2-3-20(11-19-5-7-22(32)13-24(19)33)30(26)35-29(37)17-36(18)16-28-34-25-8-6-21(31(39)40)12-27(25)38(28)15-23-9-10-41-23/h2-8,12-13,18,23H,9-11,14-17H2,1H3,(H,39,40)/t18-,23-/m0/s1. The van der Waals surface area contributed by atoms with Gasteiger partial charge in [0.1, 0.15) is 17.5 Å². The van der Waals surface area contributed by atoms with E-state index in [0.717, 1.165) is 58.9 Å². The first-order valence-corrected chi connectivity index (χ1v) is 14.2. The third-order valence-corrected chi connectivity index (χ3v) is 8.59. The number of hydrogen-bond donors (Lipinski definition) is 1. The van der Waals surface area contributed by atoms with Crippen LogP contribution >= 0.6 is 11.6 Å². The number of carboxylic acid groups (broad SMARTS) is 1. The van der Waals surface area contributed by atoms with Crippen molar-refractivity contribution in [3.05, 3.63) is 93.8 Å². The van der Waals surface area contributed by atoms with Crippen molar-refractivity contribution in [3.8, 4) is 0 Å². The fourth-order valence-corrected chi connectivity index (χ4v) is 6.12. The zero-order chi connectivity index (χ0) is 28.2. The molecule has 0 saturated carbocycles. The highest BCUT2D eigenvalue weighted by atomic mass is 35.5. The van der Waals surface area contributed by atoms with E-state index in [9.17, 15) is 14.3 Å². The molecule has 1 saturated heterocycles.